The number of para-hydroxylation sites is 2. The molecule has 0 aliphatic heterocycles. The first-order chi connectivity index (χ1) is 11.8. The van der Waals surface area contributed by atoms with Gasteiger partial charge in [-0.25, -0.2) is 0 Å². The molecular weight excluding hydrogens is 290 g/mol. The summed E-state index contributed by atoms with van der Waals surface area (Å²) in [4.78, 5) is 0. The third-order valence-electron chi connectivity index (χ3n) is 4.72. The molecule has 1 nitrogen and oxygen atoms in total. The summed E-state index contributed by atoms with van der Waals surface area (Å²) >= 11 is 0. The molecule has 24 heavy (non-hydrogen) atoms. The lowest BCUT2D eigenvalue weighted by molar-refractivity contribution is 0.761. The third kappa shape index (κ3) is 2.74. The van der Waals surface area contributed by atoms with E-state index in [0.717, 1.165) is 6.42 Å². The van der Waals surface area contributed by atoms with Crippen LogP contribution in [-0.4, -0.2) is 4.57 Å². The van der Waals surface area contributed by atoms with Crippen molar-refractivity contribution in [2.45, 2.75) is 19.3 Å². The molecule has 0 spiro atoms. The number of rotatable bonds is 4. The van der Waals surface area contributed by atoms with Crippen molar-refractivity contribution in [1.29, 1.82) is 0 Å². The molecule has 0 aliphatic rings. The Morgan fingerprint density at radius 3 is 2.12 bits per heavy atom. The first-order valence-electron chi connectivity index (χ1n) is 8.52. The number of hydrogen-bond donors (Lipinski definition) is 0. The molecule has 0 saturated heterocycles. The summed E-state index contributed by atoms with van der Waals surface area (Å²) in [5.41, 5.74) is 5.30. The Bertz CT molecular complexity index is 936. The van der Waals surface area contributed by atoms with Crippen LogP contribution in [0.25, 0.3) is 16.6 Å². The average molecular weight is 311 g/mol. The van der Waals surface area contributed by atoms with Crippen LogP contribution in [0, 0.1) is 0 Å². The molecule has 0 saturated carbocycles. The first kappa shape index (κ1) is 14.8. The summed E-state index contributed by atoms with van der Waals surface area (Å²) in [6.07, 6.45) is 3.35. The first-order valence-corrected chi connectivity index (χ1v) is 8.52. The maximum Gasteiger partial charge on any atom is 0.0531 e. The molecule has 3 aromatic carbocycles. The van der Waals surface area contributed by atoms with Gasteiger partial charge in [0.05, 0.1) is 5.52 Å². The summed E-state index contributed by atoms with van der Waals surface area (Å²) in [6.45, 7) is 2.31. The second-order valence-corrected chi connectivity index (χ2v) is 6.39. The minimum Gasteiger partial charge on any atom is -0.316 e. The number of nitrogens with zero attached hydrogens (tertiary/aromatic N) is 1. The lowest BCUT2D eigenvalue weighted by atomic mass is 9.94. The minimum atomic E-state index is 0.501. The Kier molecular flexibility index (Phi) is 3.92. The van der Waals surface area contributed by atoms with E-state index in [-0.39, 0.29) is 0 Å². The van der Waals surface area contributed by atoms with Crippen molar-refractivity contribution in [3.05, 3.63) is 102 Å². The van der Waals surface area contributed by atoms with Gasteiger partial charge in [-0.3, -0.25) is 0 Å². The van der Waals surface area contributed by atoms with Gasteiger partial charge < -0.3 is 4.57 Å². The van der Waals surface area contributed by atoms with Crippen LogP contribution in [0.2, 0.25) is 0 Å². The molecule has 1 unspecified atom stereocenters. The molecule has 0 bridgehead atoms. The zero-order valence-corrected chi connectivity index (χ0v) is 13.9. The van der Waals surface area contributed by atoms with E-state index >= 15 is 0 Å². The average Bonchev–Trinajstić information content (AvgIpc) is 3.02. The molecule has 1 heterocycles. The number of fused-ring (bicyclic) bond motifs is 1. The van der Waals surface area contributed by atoms with Gasteiger partial charge in [0.25, 0.3) is 0 Å². The largest absolute Gasteiger partial charge is 0.316 e. The lowest BCUT2D eigenvalue weighted by Crippen LogP contribution is -1.97. The second kappa shape index (κ2) is 6.37. The number of aromatic nitrogens is 1. The van der Waals surface area contributed by atoms with Gasteiger partial charge >= 0.3 is 0 Å². The van der Waals surface area contributed by atoms with Crippen molar-refractivity contribution in [3.8, 4) is 5.69 Å². The van der Waals surface area contributed by atoms with Crippen LogP contribution in [0.3, 0.4) is 0 Å². The van der Waals surface area contributed by atoms with E-state index in [1.54, 1.807) is 0 Å². The summed E-state index contributed by atoms with van der Waals surface area (Å²) in [5, 5.41) is 1.35. The number of benzene rings is 3. The Morgan fingerprint density at radius 2 is 1.38 bits per heavy atom. The van der Waals surface area contributed by atoms with Gasteiger partial charge in [-0.15, -0.1) is 0 Å². The molecule has 118 valence electrons. The fourth-order valence-electron chi connectivity index (χ4n) is 3.44. The van der Waals surface area contributed by atoms with Crippen LogP contribution >= 0.6 is 0 Å². The van der Waals surface area contributed by atoms with Gasteiger partial charge in [-0.1, -0.05) is 73.7 Å². The zero-order chi connectivity index (χ0) is 16.4. The van der Waals surface area contributed by atoms with Crippen molar-refractivity contribution < 1.29 is 0 Å². The van der Waals surface area contributed by atoms with E-state index in [4.69, 9.17) is 0 Å². The van der Waals surface area contributed by atoms with Crippen LogP contribution in [0.15, 0.2) is 91.1 Å². The van der Waals surface area contributed by atoms with Gasteiger partial charge in [0.15, 0.2) is 0 Å². The maximum atomic E-state index is 2.31. The van der Waals surface area contributed by atoms with Crippen molar-refractivity contribution in [1.82, 2.24) is 4.57 Å². The summed E-state index contributed by atoms with van der Waals surface area (Å²) < 4.78 is 2.31. The van der Waals surface area contributed by atoms with Crippen molar-refractivity contribution in [2.75, 3.05) is 0 Å². The highest BCUT2D eigenvalue weighted by Crippen LogP contribution is 2.29. The molecule has 1 aromatic heterocycles. The van der Waals surface area contributed by atoms with Gasteiger partial charge in [-0.2, -0.15) is 0 Å². The van der Waals surface area contributed by atoms with E-state index in [2.05, 4.69) is 103 Å². The van der Waals surface area contributed by atoms with E-state index < -0.39 is 0 Å². The Morgan fingerprint density at radius 1 is 0.750 bits per heavy atom. The number of hydrogen-bond acceptors (Lipinski definition) is 0. The standard InChI is InChI=1S/C23H21N/c1-18(19-10-4-2-5-11-19)16-20-17-24(21-12-6-3-7-13-21)23-15-9-8-14-22(20)23/h2-15,17-18H,16H2,1H3. The van der Waals surface area contributed by atoms with E-state index in [0.29, 0.717) is 5.92 Å². The fourth-order valence-corrected chi connectivity index (χ4v) is 3.44. The van der Waals surface area contributed by atoms with Crippen molar-refractivity contribution in [2.24, 2.45) is 0 Å². The SMILES string of the molecule is CC(Cc1cn(-c2ccccc2)c2ccccc12)c1ccccc1. The quantitative estimate of drug-likeness (QED) is 0.437. The Balaban J connectivity index is 1.77. The Hall–Kier alpha value is -2.80. The van der Waals surface area contributed by atoms with Crippen molar-refractivity contribution >= 4 is 10.9 Å². The normalized spacial score (nSPS) is 12.4. The smallest absolute Gasteiger partial charge is 0.0531 e. The lowest BCUT2D eigenvalue weighted by Gasteiger charge is -2.11. The molecule has 0 amide bonds. The zero-order valence-electron chi connectivity index (χ0n) is 13.9. The molecule has 1 heteroatoms. The molecule has 0 fully saturated rings. The Labute approximate surface area is 143 Å². The van der Waals surface area contributed by atoms with Crippen LogP contribution in [0.1, 0.15) is 24.0 Å². The minimum absolute atomic E-state index is 0.501. The highest BCUT2D eigenvalue weighted by atomic mass is 15.0. The van der Waals surface area contributed by atoms with Gasteiger partial charge in [-0.05, 0) is 41.7 Å². The molecule has 1 atom stereocenters. The van der Waals surface area contributed by atoms with E-state index in [1.165, 1.54) is 27.7 Å². The topological polar surface area (TPSA) is 4.93 Å². The van der Waals surface area contributed by atoms with E-state index in [9.17, 15) is 0 Å². The highest BCUT2D eigenvalue weighted by molar-refractivity contribution is 5.85. The summed E-state index contributed by atoms with van der Waals surface area (Å²) in [7, 11) is 0. The summed E-state index contributed by atoms with van der Waals surface area (Å²) in [6, 6.07) is 30.0. The van der Waals surface area contributed by atoms with Crippen LogP contribution < -0.4 is 0 Å². The summed E-state index contributed by atoms with van der Waals surface area (Å²) in [5.74, 6) is 0.501. The fraction of sp³-hybridized carbons (Fsp3) is 0.130. The molecule has 4 rings (SSSR count). The maximum absolute atomic E-state index is 2.31. The monoisotopic (exact) mass is 311 g/mol. The van der Waals surface area contributed by atoms with Crippen LogP contribution in [0.5, 0.6) is 0 Å². The third-order valence-corrected chi connectivity index (χ3v) is 4.72. The predicted molar refractivity (Wildman–Crippen MR) is 102 cm³/mol. The van der Waals surface area contributed by atoms with Crippen LogP contribution in [0.4, 0.5) is 0 Å². The van der Waals surface area contributed by atoms with Gasteiger partial charge in [0.2, 0.25) is 0 Å². The van der Waals surface area contributed by atoms with Crippen LogP contribution in [-0.2, 0) is 6.42 Å². The van der Waals surface area contributed by atoms with Crippen molar-refractivity contribution in [3.63, 3.8) is 0 Å². The molecule has 4 aromatic rings. The van der Waals surface area contributed by atoms with Gasteiger partial charge in [0, 0.05) is 17.3 Å². The predicted octanol–water partition coefficient (Wildman–Crippen LogP) is 5.98. The van der Waals surface area contributed by atoms with E-state index in [1.807, 2.05) is 0 Å². The molecule has 0 radical (unpaired) electrons. The molecule has 0 aliphatic carbocycles. The van der Waals surface area contributed by atoms with Gasteiger partial charge in [0.1, 0.15) is 0 Å². The highest BCUT2D eigenvalue weighted by Gasteiger charge is 2.13. The second-order valence-electron chi connectivity index (χ2n) is 6.39. The molecule has 0 N–H and O–H groups in total. The molecular formula is C23H21N.